The van der Waals surface area contributed by atoms with E-state index in [4.69, 9.17) is 11.6 Å². The highest BCUT2D eigenvalue weighted by Crippen LogP contribution is 2.31. The average Bonchev–Trinajstić information content (AvgIpc) is 2.32. The van der Waals surface area contributed by atoms with Crippen molar-refractivity contribution in [3.8, 4) is 11.5 Å². The van der Waals surface area contributed by atoms with E-state index in [-0.39, 0.29) is 16.5 Å². The highest BCUT2D eigenvalue weighted by atomic mass is 35.5. The Morgan fingerprint density at radius 3 is 2.33 bits per heavy atom. The summed E-state index contributed by atoms with van der Waals surface area (Å²) < 4.78 is 0. The summed E-state index contributed by atoms with van der Waals surface area (Å²) in [6.45, 7) is 9.30. The lowest BCUT2D eigenvalue weighted by Gasteiger charge is -2.13. The van der Waals surface area contributed by atoms with Gasteiger partial charge in [0.05, 0.1) is 16.3 Å². The largest absolute Gasteiger partial charge is 0.478 e. The molecule has 0 heterocycles. The molecule has 0 aliphatic carbocycles. The van der Waals surface area contributed by atoms with E-state index < -0.39 is 14.0 Å². The molecule has 0 atom stereocenters. The van der Waals surface area contributed by atoms with Gasteiger partial charge in [-0.2, -0.15) is 0 Å². The number of carbonyl (C=O) groups excluding carboxylic acids is 1. The van der Waals surface area contributed by atoms with E-state index >= 15 is 0 Å². The molecule has 1 rings (SSSR count). The minimum atomic E-state index is -1.63. The van der Waals surface area contributed by atoms with Gasteiger partial charge in [-0.25, -0.2) is 4.79 Å². The summed E-state index contributed by atoms with van der Waals surface area (Å²) in [7, 11) is -1.63. The maximum absolute atomic E-state index is 11.3. The van der Waals surface area contributed by atoms with Crippen LogP contribution in [0.25, 0.3) is 0 Å². The zero-order valence-corrected chi connectivity index (χ0v) is 14.5. The minimum absolute atomic E-state index is 0.0110. The summed E-state index contributed by atoms with van der Waals surface area (Å²) in [6.07, 6.45) is 0. The summed E-state index contributed by atoms with van der Waals surface area (Å²) in [4.78, 5) is 22.6. The molecule has 112 valence electrons. The van der Waals surface area contributed by atoms with Crippen LogP contribution in [0.3, 0.4) is 0 Å². The molecule has 2 N–H and O–H groups in total. The Morgan fingerprint density at radius 1 is 1.33 bits per heavy atom. The molecule has 1 aromatic rings. The number of rotatable bonds is 2. The number of benzene rings is 1. The molecule has 0 aromatic heterocycles. The van der Waals surface area contributed by atoms with Crippen LogP contribution in [0.1, 0.15) is 28.4 Å². The Labute approximate surface area is 130 Å². The summed E-state index contributed by atoms with van der Waals surface area (Å²) in [5.41, 5.74) is 4.62. The van der Waals surface area contributed by atoms with Crippen molar-refractivity contribution in [2.75, 3.05) is 5.32 Å². The SMILES string of the molecule is CC(=O)Nc1c(C#C[Si](C)(C)C)cc(C(=O)O)c(Cl)c1C. The molecule has 0 radical (unpaired) electrons. The van der Waals surface area contributed by atoms with Gasteiger partial charge in [-0.05, 0) is 18.6 Å². The predicted octanol–water partition coefficient (Wildman–Crippen LogP) is 3.53. The van der Waals surface area contributed by atoms with Crippen LogP contribution in [-0.2, 0) is 4.79 Å². The number of halogens is 1. The van der Waals surface area contributed by atoms with E-state index in [0.29, 0.717) is 16.8 Å². The molecule has 0 fully saturated rings. The number of carboxylic acid groups (broad SMARTS) is 1. The molecule has 1 amide bonds. The quantitative estimate of drug-likeness (QED) is 0.646. The molecular weight excluding hydrogens is 306 g/mol. The van der Waals surface area contributed by atoms with Gasteiger partial charge in [-0.1, -0.05) is 37.2 Å². The molecule has 0 saturated heterocycles. The lowest BCUT2D eigenvalue weighted by Crippen LogP contribution is -2.17. The van der Waals surface area contributed by atoms with E-state index in [9.17, 15) is 14.7 Å². The van der Waals surface area contributed by atoms with Gasteiger partial charge in [0.25, 0.3) is 0 Å². The van der Waals surface area contributed by atoms with Crippen molar-refractivity contribution >= 4 is 37.2 Å². The fourth-order valence-electron chi connectivity index (χ4n) is 1.64. The van der Waals surface area contributed by atoms with Gasteiger partial charge in [-0.15, -0.1) is 5.54 Å². The summed E-state index contributed by atoms with van der Waals surface area (Å²) in [5.74, 6) is 1.62. The van der Waals surface area contributed by atoms with Crippen molar-refractivity contribution in [3.05, 3.63) is 27.8 Å². The van der Waals surface area contributed by atoms with Crippen molar-refractivity contribution in [1.29, 1.82) is 0 Å². The average molecular weight is 324 g/mol. The Bertz CT molecular complexity index is 666. The Balaban J connectivity index is 3.59. The van der Waals surface area contributed by atoms with Gasteiger partial charge in [0, 0.05) is 12.5 Å². The number of aromatic carboxylic acids is 1. The fourth-order valence-corrected chi connectivity index (χ4v) is 2.38. The second-order valence-corrected chi connectivity index (χ2v) is 10.9. The number of carbonyl (C=O) groups is 2. The van der Waals surface area contributed by atoms with Crippen LogP contribution >= 0.6 is 11.6 Å². The maximum Gasteiger partial charge on any atom is 0.337 e. The zero-order chi connectivity index (χ0) is 16.4. The number of carboxylic acids is 1. The van der Waals surface area contributed by atoms with Gasteiger partial charge in [0.15, 0.2) is 0 Å². The fraction of sp³-hybridized carbons (Fsp3) is 0.333. The molecule has 6 heteroatoms. The van der Waals surface area contributed by atoms with Gasteiger partial charge in [0.1, 0.15) is 8.07 Å². The van der Waals surface area contributed by atoms with Crippen LogP contribution in [0, 0.1) is 18.4 Å². The van der Waals surface area contributed by atoms with Gasteiger partial charge in [0.2, 0.25) is 5.91 Å². The van der Waals surface area contributed by atoms with Crippen LogP contribution < -0.4 is 5.32 Å². The number of hydrogen-bond acceptors (Lipinski definition) is 2. The normalized spacial score (nSPS) is 10.6. The number of hydrogen-bond donors (Lipinski definition) is 2. The lowest BCUT2D eigenvalue weighted by atomic mass is 10.0. The summed E-state index contributed by atoms with van der Waals surface area (Å²) in [6, 6.07) is 1.41. The van der Waals surface area contributed by atoms with Crippen LogP contribution in [0.15, 0.2) is 6.07 Å². The van der Waals surface area contributed by atoms with E-state index in [1.165, 1.54) is 13.0 Å². The van der Waals surface area contributed by atoms with E-state index in [1.807, 2.05) is 0 Å². The molecule has 4 nitrogen and oxygen atoms in total. The van der Waals surface area contributed by atoms with E-state index in [1.54, 1.807) is 6.92 Å². The first-order valence-electron chi connectivity index (χ1n) is 6.40. The minimum Gasteiger partial charge on any atom is -0.478 e. The number of nitrogens with one attached hydrogen (secondary N) is 1. The molecule has 0 unspecified atom stereocenters. The molecule has 0 saturated carbocycles. The second-order valence-electron chi connectivity index (χ2n) is 5.77. The third-order valence-electron chi connectivity index (χ3n) is 2.60. The standard InChI is InChI=1S/C15H18ClNO3Si/c1-9-13(16)12(15(19)20)8-11(6-7-21(3,4)5)14(9)17-10(2)18/h8H,1-5H3,(H,17,18)(H,19,20). The van der Waals surface area contributed by atoms with Crippen molar-refractivity contribution in [2.24, 2.45) is 0 Å². The second kappa shape index (κ2) is 6.33. The number of anilines is 1. The highest BCUT2D eigenvalue weighted by molar-refractivity contribution is 6.83. The molecule has 0 aliphatic rings. The van der Waals surface area contributed by atoms with Crippen LogP contribution in [0.4, 0.5) is 5.69 Å². The first kappa shape index (κ1) is 17.3. The lowest BCUT2D eigenvalue weighted by molar-refractivity contribution is -0.114. The Morgan fingerprint density at radius 2 is 1.90 bits per heavy atom. The Kier molecular flexibility index (Phi) is 5.21. The molecule has 21 heavy (non-hydrogen) atoms. The van der Waals surface area contributed by atoms with Crippen LogP contribution in [0.5, 0.6) is 0 Å². The summed E-state index contributed by atoms with van der Waals surface area (Å²) >= 11 is 6.07. The van der Waals surface area contributed by atoms with Crippen molar-refractivity contribution < 1.29 is 14.7 Å². The third-order valence-corrected chi connectivity index (χ3v) is 3.96. The Hall–Kier alpha value is -1.77. The molecule has 1 aromatic carbocycles. The first-order valence-corrected chi connectivity index (χ1v) is 10.3. The summed E-state index contributed by atoms with van der Waals surface area (Å²) in [5, 5.41) is 12.0. The van der Waals surface area contributed by atoms with Crippen molar-refractivity contribution in [1.82, 2.24) is 0 Å². The van der Waals surface area contributed by atoms with E-state index in [2.05, 4.69) is 36.4 Å². The third kappa shape index (κ3) is 4.62. The number of amides is 1. The molecule has 0 aliphatic heterocycles. The van der Waals surface area contributed by atoms with Gasteiger partial charge < -0.3 is 10.4 Å². The topological polar surface area (TPSA) is 66.4 Å². The van der Waals surface area contributed by atoms with Gasteiger partial charge in [-0.3, -0.25) is 4.79 Å². The monoisotopic (exact) mass is 323 g/mol. The van der Waals surface area contributed by atoms with Gasteiger partial charge >= 0.3 is 5.97 Å². The van der Waals surface area contributed by atoms with Crippen molar-refractivity contribution in [3.63, 3.8) is 0 Å². The van der Waals surface area contributed by atoms with Crippen LogP contribution in [0.2, 0.25) is 24.7 Å². The molecule has 0 spiro atoms. The van der Waals surface area contributed by atoms with E-state index in [0.717, 1.165) is 0 Å². The van der Waals surface area contributed by atoms with Crippen LogP contribution in [-0.4, -0.2) is 25.1 Å². The molecular formula is C15H18ClNO3Si. The molecule has 0 bridgehead atoms. The smallest absolute Gasteiger partial charge is 0.337 e. The first-order chi connectivity index (χ1) is 9.53. The van der Waals surface area contributed by atoms with Crippen molar-refractivity contribution in [2.45, 2.75) is 33.5 Å². The zero-order valence-electron chi connectivity index (χ0n) is 12.7. The highest BCUT2D eigenvalue weighted by Gasteiger charge is 2.18. The maximum atomic E-state index is 11.3. The predicted molar refractivity (Wildman–Crippen MR) is 87.7 cm³/mol.